The second-order valence-electron chi connectivity index (χ2n) is 5.41. The van der Waals surface area contributed by atoms with Gasteiger partial charge in [0.15, 0.2) is 0 Å². The van der Waals surface area contributed by atoms with Crippen molar-refractivity contribution in [2.24, 2.45) is 0 Å². The molecule has 9 heteroatoms. The summed E-state index contributed by atoms with van der Waals surface area (Å²) in [5.41, 5.74) is -2.28. The van der Waals surface area contributed by atoms with Gasteiger partial charge in [-0.3, -0.25) is 4.79 Å². The van der Waals surface area contributed by atoms with Crippen LogP contribution in [0.4, 0.5) is 4.39 Å². The van der Waals surface area contributed by atoms with Crippen molar-refractivity contribution in [3.05, 3.63) is 42.5 Å². The molecule has 1 heterocycles. The molecule has 2 N–H and O–H groups in total. The lowest BCUT2D eigenvalue weighted by atomic mass is 10.1. The summed E-state index contributed by atoms with van der Waals surface area (Å²) >= 11 is 0. The number of nitrogens with zero attached hydrogens (tertiary/aromatic N) is 1. The number of halogens is 1. The lowest BCUT2D eigenvalue weighted by molar-refractivity contribution is -0.149. The molecule has 2 rings (SSSR count). The maximum atomic E-state index is 14.0. The molecule has 1 unspecified atom stereocenters. The Hall–Kier alpha value is -2.26. The third kappa shape index (κ3) is 3.62. The highest BCUT2D eigenvalue weighted by Crippen LogP contribution is 2.27. The van der Waals surface area contributed by atoms with Gasteiger partial charge in [0.2, 0.25) is 15.7 Å². The maximum Gasteiger partial charge on any atom is 0.343 e. The summed E-state index contributed by atoms with van der Waals surface area (Å²) in [4.78, 5) is 24.2. The van der Waals surface area contributed by atoms with E-state index in [-0.39, 0.29) is 30.0 Å². The Bertz CT molecular complexity index is 763. The second kappa shape index (κ2) is 6.70. The minimum Gasteiger partial charge on any atom is -0.479 e. The molecule has 1 amide bonds. The molecular weight excluding hydrogens is 339 g/mol. The zero-order valence-electron chi connectivity index (χ0n) is 12.7. The Balaban J connectivity index is 2.13. The van der Waals surface area contributed by atoms with Gasteiger partial charge in [-0.1, -0.05) is 6.08 Å². The Labute approximate surface area is 138 Å². The number of benzene rings is 1. The van der Waals surface area contributed by atoms with Crippen LogP contribution in [0.25, 0.3) is 0 Å². The van der Waals surface area contributed by atoms with E-state index in [0.717, 1.165) is 4.90 Å². The van der Waals surface area contributed by atoms with E-state index in [4.69, 9.17) is 5.11 Å². The Morgan fingerprint density at radius 3 is 2.50 bits per heavy atom. The average Bonchev–Trinajstić information content (AvgIpc) is 2.96. The first-order valence-electron chi connectivity index (χ1n) is 7.12. The summed E-state index contributed by atoms with van der Waals surface area (Å²) in [6.07, 6.45) is 1.13. The van der Waals surface area contributed by atoms with Crippen molar-refractivity contribution in [3.8, 4) is 0 Å². The fourth-order valence-corrected chi connectivity index (χ4v) is 3.33. The minimum atomic E-state index is -3.70. The van der Waals surface area contributed by atoms with Crippen LogP contribution in [0.2, 0.25) is 0 Å². The van der Waals surface area contributed by atoms with Gasteiger partial charge >= 0.3 is 5.97 Å². The van der Waals surface area contributed by atoms with Crippen LogP contribution >= 0.6 is 0 Å². The molecule has 24 heavy (non-hydrogen) atoms. The van der Waals surface area contributed by atoms with Gasteiger partial charge in [0.1, 0.15) is 0 Å². The lowest BCUT2D eigenvalue weighted by Crippen LogP contribution is -2.38. The summed E-state index contributed by atoms with van der Waals surface area (Å²) in [5, 5.41) is 8.85. The molecule has 0 aliphatic carbocycles. The first-order chi connectivity index (χ1) is 11.2. The highest BCUT2D eigenvalue weighted by Gasteiger charge is 2.46. The number of carbonyl (C=O) groups is 2. The van der Waals surface area contributed by atoms with E-state index in [2.05, 4.69) is 11.3 Å². The highest BCUT2D eigenvalue weighted by molar-refractivity contribution is 7.89. The number of carboxylic acid groups (broad SMARTS) is 1. The van der Waals surface area contributed by atoms with E-state index < -0.39 is 34.1 Å². The Morgan fingerprint density at radius 1 is 1.38 bits per heavy atom. The summed E-state index contributed by atoms with van der Waals surface area (Å²) in [5.74, 6) is -2.13. The standard InChI is InChI=1S/C15H17FN2O5S/c1-2-8-17-24(22,23)12-5-3-11(4-6-12)13(19)18-9-7-15(16,10-18)14(20)21/h2-6,17H,1,7-10H2,(H,20,21). The van der Waals surface area contributed by atoms with E-state index in [1.54, 1.807) is 0 Å². The zero-order chi connectivity index (χ0) is 18.0. The highest BCUT2D eigenvalue weighted by atomic mass is 32.2. The molecule has 1 aromatic carbocycles. The van der Waals surface area contributed by atoms with E-state index in [0.29, 0.717) is 0 Å². The monoisotopic (exact) mass is 356 g/mol. The van der Waals surface area contributed by atoms with Gasteiger partial charge in [0, 0.05) is 25.1 Å². The lowest BCUT2D eigenvalue weighted by Gasteiger charge is -2.18. The predicted molar refractivity (Wildman–Crippen MR) is 83.8 cm³/mol. The van der Waals surface area contributed by atoms with E-state index >= 15 is 0 Å². The SMILES string of the molecule is C=CCNS(=O)(=O)c1ccc(C(=O)N2CCC(F)(C(=O)O)C2)cc1. The molecule has 0 radical (unpaired) electrons. The average molecular weight is 356 g/mol. The third-order valence-electron chi connectivity index (χ3n) is 3.72. The van der Waals surface area contributed by atoms with Crippen LogP contribution in [-0.2, 0) is 14.8 Å². The van der Waals surface area contributed by atoms with Crippen LogP contribution in [0.3, 0.4) is 0 Å². The number of aliphatic carboxylic acids is 1. The van der Waals surface area contributed by atoms with Crippen molar-refractivity contribution in [2.75, 3.05) is 19.6 Å². The Kier molecular flexibility index (Phi) is 5.05. The number of sulfonamides is 1. The van der Waals surface area contributed by atoms with Gasteiger partial charge in [-0.15, -0.1) is 6.58 Å². The number of nitrogens with one attached hydrogen (secondary N) is 1. The first-order valence-corrected chi connectivity index (χ1v) is 8.60. The van der Waals surface area contributed by atoms with Gasteiger partial charge in [-0.05, 0) is 24.3 Å². The van der Waals surface area contributed by atoms with E-state index in [1.165, 1.54) is 30.3 Å². The quantitative estimate of drug-likeness (QED) is 0.734. The zero-order valence-corrected chi connectivity index (χ0v) is 13.6. The molecule has 1 atom stereocenters. The number of hydrogen-bond donors (Lipinski definition) is 2. The van der Waals surface area contributed by atoms with Gasteiger partial charge < -0.3 is 10.0 Å². The summed E-state index contributed by atoms with van der Waals surface area (Å²) < 4.78 is 40.1. The summed E-state index contributed by atoms with van der Waals surface area (Å²) in [7, 11) is -3.70. The maximum absolute atomic E-state index is 14.0. The number of alkyl halides is 1. The van der Waals surface area contributed by atoms with Gasteiger partial charge in [-0.25, -0.2) is 22.3 Å². The largest absolute Gasteiger partial charge is 0.479 e. The number of amides is 1. The van der Waals surface area contributed by atoms with Crippen LogP contribution in [0.15, 0.2) is 41.8 Å². The van der Waals surface area contributed by atoms with E-state index in [9.17, 15) is 22.4 Å². The fraction of sp³-hybridized carbons (Fsp3) is 0.333. The molecule has 0 spiro atoms. The molecular formula is C15H17FN2O5S. The Morgan fingerprint density at radius 2 is 2.00 bits per heavy atom. The molecule has 1 saturated heterocycles. The minimum absolute atomic E-state index is 0.0113. The molecule has 0 saturated carbocycles. The van der Waals surface area contributed by atoms with Crippen molar-refractivity contribution in [2.45, 2.75) is 17.0 Å². The number of hydrogen-bond acceptors (Lipinski definition) is 4. The molecule has 1 aliphatic rings. The number of carbonyl (C=O) groups excluding carboxylic acids is 1. The normalized spacial score (nSPS) is 20.8. The number of carboxylic acids is 1. The fourth-order valence-electron chi connectivity index (χ4n) is 2.33. The van der Waals surface area contributed by atoms with Crippen molar-refractivity contribution in [1.29, 1.82) is 0 Å². The van der Waals surface area contributed by atoms with Crippen molar-refractivity contribution in [1.82, 2.24) is 9.62 Å². The summed E-state index contributed by atoms with van der Waals surface area (Å²) in [6, 6.07) is 5.14. The second-order valence-corrected chi connectivity index (χ2v) is 7.18. The number of likely N-dealkylation sites (tertiary alicyclic amines) is 1. The molecule has 1 fully saturated rings. The number of rotatable bonds is 6. The van der Waals surface area contributed by atoms with Gasteiger partial charge in [-0.2, -0.15) is 0 Å². The van der Waals surface area contributed by atoms with Crippen LogP contribution in [0.1, 0.15) is 16.8 Å². The topological polar surface area (TPSA) is 104 Å². The van der Waals surface area contributed by atoms with Gasteiger partial charge in [0.25, 0.3) is 5.91 Å². The van der Waals surface area contributed by atoms with Crippen molar-refractivity contribution in [3.63, 3.8) is 0 Å². The van der Waals surface area contributed by atoms with Crippen LogP contribution in [0.5, 0.6) is 0 Å². The van der Waals surface area contributed by atoms with Gasteiger partial charge in [0.05, 0.1) is 11.4 Å². The molecule has 1 aliphatic heterocycles. The van der Waals surface area contributed by atoms with Crippen LogP contribution in [0, 0.1) is 0 Å². The molecule has 0 bridgehead atoms. The summed E-state index contributed by atoms with van der Waals surface area (Å²) in [6.45, 7) is 2.95. The molecule has 130 valence electrons. The third-order valence-corrected chi connectivity index (χ3v) is 5.16. The van der Waals surface area contributed by atoms with E-state index in [1.807, 2.05) is 0 Å². The predicted octanol–water partition coefficient (Wildman–Crippen LogP) is 0.790. The van der Waals surface area contributed by atoms with Crippen molar-refractivity contribution < 1.29 is 27.5 Å². The molecule has 0 aromatic heterocycles. The van der Waals surface area contributed by atoms with Crippen molar-refractivity contribution >= 4 is 21.9 Å². The smallest absolute Gasteiger partial charge is 0.343 e. The van der Waals surface area contributed by atoms with Crippen LogP contribution < -0.4 is 4.72 Å². The first kappa shape index (κ1) is 18.1. The molecule has 1 aromatic rings. The molecule has 7 nitrogen and oxygen atoms in total. The van der Waals surface area contributed by atoms with Crippen LogP contribution in [-0.4, -0.2) is 55.6 Å².